The van der Waals surface area contributed by atoms with E-state index in [1.54, 1.807) is 6.08 Å². The summed E-state index contributed by atoms with van der Waals surface area (Å²) >= 11 is 0. The van der Waals surface area contributed by atoms with Crippen molar-refractivity contribution < 1.29 is 34.1 Å². The van der Waals surface area contributed by atoms with E-state index in [1.807, 2.05) is 6.92 Å². The molecule has 0 saturated heterocycles. The van der Waals surface area contributed by atoms with Gasteiger partial charge in [-0.25, -0.2) is 0 Å². The van der Waals surface area contributed by atoms with Crippen LogP contribution < -0.4 is 5.73 Å². The molecule has 7 atom stereocenters. The highest BCUT2D eigenvalue weighted by molar-refractivity contribution is 5.92. The lowest BCUT2D eigenvalue weighted by Crippen LogP contribution is -2.62. The summed E-state index contributed by atoms with van der Waals surface area (Å²) in [6.07, 6.45) is 4.76. The fourth-order valence-electron chi connectivity index (χ4n) is 7.71. The largest absolute Gasteiger partial charge is 0.458 e. The number of hydrogen-bond donors (Lipinski definition) is 3. The number of ether oxygens (including phenoxy) is 1. The van der Waals surface area contributed by atoms with E-state index in [2.05, 4.69) is 6.92 Å². The van der Waals surface area contributed by atoms with Gasteiger partial charge in [-0.15, -0.1) is 0 Å². The minimum atomic E-state index is -1.69. The molecule has 0 aromatic rings. The minimum absolute atomic E-state index is 0.00671. The summed E-state index contributed by atoms with van der Waals surface area (Å²) < 4.78 is 5.03. The van der Waals surface area contributed by atoms with E-state index in [4.69, 9.17) is 10.5 Å². The van der Waals surface area contributed by atoms with Crippen LogP contribution in [0.1, 0.15) is 71.6 Å². The van der Waals surface area contributed by atoms with E-state index in [0.717, 1.165) is 24.8 Å². The number of Topliss-reactive ketones (excluding diaryl/α,β-unsaturated/α-hetero) is 1. The van der Waals surface area contributed by atoms with Crippen LogP contribution in [0.3, 0.4) is 0 Å². The van der Waals surface area contributed by atoms with Gasteiger partial charge in [0, 0.05) is 18.3 Å². The Labute approximate surface area is 193 Å². The number of hydrogen-bond acceptors (Lipinski definition) is 7. The third-order valence-corrected chi connectivity index (χ3v) is 9.45. The molecule has 8 nitrogen and oxygen atoms in total. The lowest BCUT2D eigenvalue weighted by molar-refractivity contribution is -0.184. The van der Waals surface area contributed by atoms with Gasteiger partial charge in [-0.1, -0.05) is 19.4 Å². The Morgan fingerprint density at radius 1 is 1.15 bits per heavy atom. The van der Waals surface area contributed by atoms with Gasteiger partial charge in [0.05, 0.1) is 12.5 Å². The average Bonchev–Trinajstić information content (AvgIpc) is 3.02. The van der Waals surface area contributed by atoms with Crippen LogP contribution in [-0.4, -0.2) is 52.0 Å². The van der Waals surface area contributed by atoms with E-state index >= 15 is 0 Å². The summed E-state index contributed by atoms with van der Waals surface area (Å²) in [6, 6.07) is 0. The summed E-state index contributed by atoms with van der Waals surface area (Å²) in [7, 11) is 0. The van der Waals surface area contributed by atoms with Gasteiger partial charge in [0.15, 0.2) is 12.4 Å². The molecule has 0 spiro atoms. The number of esters is 1. The zero-order chi connectivity index (χ0) is 24.2. The second-order valence-electron chi connectivity index (χ2n) is 11.0. The number of fused-ring (bicyclic) bond motifs is 5. The molecule has 0 aromatic heterocycles. The van der Waals surface area contributed by atoms with Crippen LogP contribution in [0.15, 0.2) is 11.6 Å². The van der Waals surface area contributed by atoms with Crippen LogP contribution >= 0.6 is 0 Å². The van der Waals surface area contributed by atoms with Gasteiger partial charge >= 0.3 is 5.97 Å². The Morgan fingerprint density at radius 2 is 1.88 bits per heavy atom. The van der Waals surface area contributed by atoms with E-state index < -0.39 is 41.4 Å². The lowest BCUT2D eigenvalue weighted by atomic mass is 9.45. The number of carbonyl (C=O) groups is 4. The number of rotatable bonds is 6. The summed E-state index contributed by atoms with van der Waals surface area (Å²) in [5, 5.41) is 23.0. The molecule has 0 radical (unpaired) electrons. The molecule has 7 unspecified atom stereocenters. The number of nitrogens with two attached hydrogens (primary N) is 1. The highest BCUT2D eigenvalue weighted by Gasteiger charge is 2.68. The Balaban J connectivity index is 1.53. The molecular weight excluding hydrogens is 426 g/mol. The average molecular weight is 462 g/mol. The summed E-state index contributed by atoms with van der Waals surface area (Å²) in [4.78, 5) is 47.8. The van der Waals surface area contributed by atoms with Gasteiger partial charge < -0.3 is 20.7 Å². The molecule has 0 bridgehead atoms. The van der Waals surface area contributed by atoms with Crippen LogP contribution in [0.4, 0.5) is 0 Å². The summed E-state index contributed by atoms with van der Waals surface area (Å²) in [5.74, 6) is -1.54. The molecule has 0 aliphatic heterocycles. The number of amides is 1. The summed E-state index contributed by atoms with van der Waals surface area (Å²) in [5.41, 5.74) is 3.42. The van der Waals surface area contributed by atoms with Crippen molar-refractivity contribution in [1.29, 1.82) is 0 Å². The third-order valence-electron chi connectivity index (χ3n) is 9.45. The number of primary amides is 1. The fourth-order valence-corrected chi connectivity index (χ4v) is 7.71. The van der Waals surface area contributed by atoms with Gasteiger partial charge in [-0.2, -0.15) is 0 Å². The number of aliphatic hydroxyl groups excluding tert-OH is 1. The Kier molecular flexibility index (Phi) is 6.06. The normalized spacial score (nSPS) is 41.9. The first-order chi connectivity index (χ1) is 15.4. The molecule has 3 saturated carbocycles. The van der Waals surface area contributed by atoms with Crippen molar-refractivity contribution in [2.75, 3.05) is 6.61 Å². The highest BCUT2D eigenvalue weighted by atomic mass is 16.5. The van der Waals surface area contributed by atoms with Gasteiger partial charge in [0.2, 0.25) is 11.7 Å². The lowest BCUT2D eigenvalue weighted by Gasteiger charge is -2.60. The molecule has 1 amide bonds. The maximum Gasteiger partial charge on any atom is 0.306 e. The van der Waals surface area contributed by atoms with E-state index in [-0.39, 0.29) is 54.6 Å². The molecule has 3 fully saturated rings. The van der Waals surface area contributed by atoms with Crippen molar-refractivity contribution in [3.05, 3.63) is 11.6 Å². The van der Waals surface area contributed by atoms with Crippen molar-refractivity contribution in [3.63, 3.8) is 0 Å². The molecule has 4 rings (SSSR count). The minimum Gasteiger partial charge on any atom is -0.458 e. The molecule has 8 heteroatoms. The van der Waals surface area contributed by atoms with Crippen LogP contribution in [0.5, 0.6) is 0 Å². The quantitative estimate of drug-likeness (QED) is 0.510. The topological polar surface area (TPSA) is 144 Å². The third kappa shape index (κ3) is 3.75. The van der Waals surface area contributed by atoms with Gasteiger partial charge in [0.1, 0.15) is 5.60 Å². The van der Waals surface area contributed by atoms with Crippen molar-refractivity contribution in [2.24, 2.45) is 34.3 Å². The zero-order valence-corrected chi connectivity index (χ0v) is 19.5. The molecule has 0 aromatic carbocycles. The number of aliphatic hydroxyl groups is 2. The highest BCUT2D eigenvalue weighted by Crippen LogP contribution is 2.67. The first-order valence-electron chi connectivity index (χ1n) is 12.0. The summed E-state index contributed by atoms with van der Waals surface area (Å²) in [6.45, 7) is 3.48. The fraction of sp³-hybridized carbons (Fsp3) is 0.760. The van der Waals surface area contributed by atoms with E-state index in [9.17, 15) is 29.4 Å². The standard InChI is InChI=1S/C25H35NO7/c1-23-9-7-15(27)11-14(23)3-4-16-17-8-10-25(32,24(17,2)12-18(28)22(16)23)19(29)13-33-21(31)6-5-20(26)30/h11,16-18,22,28,32H,3-10,12-13H2,1-2H3,(H2,26,30). The van der Waals surface area contributed by atoms with E-state index in [1.165, 1.54) is 0 Å². The van der Waals surface area contributed by atoms with E-state index in [0.29, 0.717) is 12.8 Å². The second kappa shape index (κ2) is 8.31. The van der Waals surface area contributed by atoms with Crippen molar-refractivity contribution in [1.82, 2.24) is 0 Å². The maximum absolute atomic E-state index is 13.1. The monoisotopic (exact) mass is 461 g/mol. The molecular formula is C25H35NO7. The van der Waals surface area contributed by atoms with Gasteiger partial charge in [-0.3, -0.25) is 19.2 Å². The molecule has 4 aliphatic rings. The number of ketones is 2. The van der Waals surface area contributed by atoms with Crippen molar-refractivity contribution in [3.8, 4) is 0 Å². The van der Waals surface area contributed by atoms with Crippen LogP contribution in [0, 0.1) is 28.6 Å². The SMILES string of the molecule is CC12CCC(=O)C=C1CCC1C2C(O)CC2(C)C1CCC2(O)C(=O)COC(=O)CCC(N)=O. The Bertz CT molecular complexity index is 912. The zero-order valence-electron chi connectivity index (χ0n) is 19.5. The molecule has 33 heavy (non-hydrogen) atoms. The molecule has 4 N–H and O–H groups in total. The maximum atomic E-state index is 13.1. The van der Waals surface area contributed by atoms with Crippen molar-refractivity contribution in [2.45, 2.75) is 83.3 Å². The Morgan fingerprint density at radius 3 is 2.58 bits per heavy atom. The first kappa shape index (κ1) is 24.1. The van der Waals surface area contributed by atoms with Crippen LogP contribution in [0.25, 0.3) is 0 Å². The Hall–Kier alpha value is -2.06. The first-order valence-corrected chi connectivity index (χ1v) is 12.0. The van der Waals surface area contributed by atoms with Crippen molar-refractivity contribution >= 4 is 23.4 Å². The van der Waals surface area contributed by atoms with Crippen LogP contribution in [-0.2, 0) is 23.9 Å². The van der Waals surface area contributed by atoms with Gasteiger partial charge in [-0.05, 0) is 67.8 Å². The second-order valence-corrected chi connectivity index (χ2v) is 11.0. The van der Waals surface area contributed by atoms with Crippen LogP contribution in [0.2, 0.25) is 0 Å². The molecule has 182 valence electrons. The predicted molar refractivity (Wildman–Crippen MR) is 117 cm³/mol. The smallest absolute Gasteiger partial charge is 0.306 e. The number of carbonyl (C=O) groups excluding carboxylic acids is 4. The molecule has 0 heterocycles. The molecule has 4 aliphatic carbocycles. The van der Waals surface area contributed by atoms with Gasteiger partial charge in [0.25, 0.3) is 0 Å². The predicted octanol–water partition coefficient (Wildman–Crippen LogP) is 1.60. The number of allylic oxidation sites excluding steroid dienone is 1.